The van der Waals surface area contributed by atoms with Gasteiger partial charge in [0.15, 0.2) is 0 Å². The highest BCUT2D eigenvalue weighted by Gasteiger charge is 2.34. The van der Waals surface area contributed by atoms with E-state index in [0.29, 0.717) is 11.5 Å². The predicted molar refractivity (Wildman–Crippen MR) is 118 cm³/mol. The zero-order valence-corrected chi connectivity index (χ0v) is 17.9. The van der Waals surface area contributed by atoms with Gasteiger partial charge in [0.25, 0.3) is 0 Å². The highest BCUT2D eigenvalue weighted by atomic mass is 19.4. The molecular formula is C23H25F3N4O2. The van der Waals surface area contributed by atoms with Gasteiger partial charge in [-0.05, 0) is 24.1 Å². The minimum Gasteiger partial charge on any atom is -0.496 e. The van der Waals surface area contributed by atoms with E-state index in [0.717, 1.165) is 11.6 Å². The Labute approximate surface area is 184 Å². The van der Waals surface area contributed by atoms with Gasteiger partial charge < -0.3 is 20.5 Å². The molecular weight excluding hydrogens is 421 g/mol. The maximum Gasteiger partial charge on any atom is 0.420 e. The number of aromatic nitrogens is 2. The van der Waals surface area contributed by atoms with E-state index in [4.69, 9.17) is 4.74 Å². The largest absolute Gasteiger partial charge is 0.496 e. The number of halogens is 3. The molecule has 0 amide bonds. The van der Waals surface area contributed by atoms with Crippen LogP contribution in [0.25, 0.3) is 11.3 Å². The lowest BCUT2D eigenvalue weighted by Crippen LogP contribution is -2.30. The normalized spacial score (nSPS) is 12.5. The Morgan fingerprint density at radius 2 is 1.75 bits per heavy atom. The third-order valence-corrected chi connectivity index (χ3v) is 4.89. The van der Waals surface area contributed by atoms with Crippen LogP contribution in [0.1, 0.15) is 19.4 Å². The molecule has 0 aliphatic heterocycles. The molecule has 170 valence electrons. The molecule has 32 heavy (non-hydrogen) atoms. The third kappa shape index (κ3) is 5.67. The molecule has 0 aliphatic rings. The smallest absolute Gasteiger partial charge is 0.420 e. The van der Waals surface area contributed by atoms with E-state index in [-0.39, 0.29) is 36.0 Å². The van der Waals surface area contributed by atoms with Crippen molar-refractivity contribution in [3.8, 4) is 17.0 Å². The maximum absolute atomic E-state index is 13.4. The standard InChI is InChI=1S/C23H25F3N4O2/c1-14(2)19(13-31)29-22-28-18(15-7-5-4-6-8-15)12-21(30-22)27-16-9-10-20(32-3)17(11-16)23(24,25)26/h4-12,14,19,31H,13H2,1-3H3,(H2,27,28,29,30)/t19-/m0/s1. The van der Waals surface area contributed by atoms with Crippen LogP contribution in [0, 0.1) is 5.92 Å². The van der Waals surface area contributed by atoms with Crippen molar-refractivity contribution in [2.75, 3.05) is 24.4 Å². The first-order valence-electron chi connectivity index (χ1n) is 10.1. The minimum atomic E-state index is -4.57. The van der Waals surface area contributed by atoms with Crippen LogP contribution in [0.5, 0.6) is 5.75 Å². The van der Waals surface area contributed by atoms with E-state index < -0.39 is 11.7 Å². The highest BCUT2D eigenvalue weighted by Crippen LogP contribution is 2.38. The fourth-order valence-corrected chi connectivity index (χ4v) is 3.08. The third-order valence-electron chi connectivity index (χ3n) is 4.89. The number of aliphatic hydroxyl groups is 1. The average molecular weight is 446 g/mol. The second-order valence-corrected chi connectivity index (χ2v) is 7.54. The first-order valence-corrected chi connectivity index (χ1v) is 10.1. The van der Waals surface area contributed by atoms with E-state index in [2.05, 4.69) is 20.6 Å². The van der Waals surface area contributed by atoms with E-state index >= 15 is 0 Å². The van der Waals surface area contributed by atoms with Gasteiger partial charge in [0.1, 0.15) is 11.6 Å². The Bertz CT molecular complexity index is 1040. The summed E-state index contributed by atoms with van der Waals surface area (Å²) in [7, 11) is 1.19. The number of rotatable bonds is 8. The zero-order valence-electron chi connectivity index (χ0n) is 17.9. The molecule has 3 N–H and O–H groups in total. The van der Waals surface area contributed by atoms with E-state index in [1.807, 2.05) is 44.2 Å². The predicted octanol–water partition coefficient (Wildman–Crippen LogP) is 5.34. The molecule has 0 saturated carbocycles. The van der Waals surface area contributed by atoms with Gasteiger partial charge in [0, 0.05) is 17.3 Å². The van der Waals surface area contributed by atoms with Gasteiger partial charge >= 0.3 is 6.18 Å². The molecule has 0 aliphatic carbocycles. The van der Waals surface area contributed by atoms with Crippen molar-refractivity contribution in [1.29, 1.82) is 0 Å². The minimum absolute atomic E-state index is 0.108. The van der Waals surface area contributed by atoms with Gasteiger partial charge in [-0.15, -0.1) is 0 Å². The van der Waals surface area contributed by atoms with Gasteiger partial charge in [-0.2, -0.15) is 18.2 Å². The fraction of sp³-hybridized carbons (Fsp3) is 0.304. The molecule has 0 bridgehead atoms. The van der Waals surface area contributed by atoms with Gasteiger partial charge in [-0.25, -0.2) is 4.98 Å². The van der Waals surface area contributed by atoms with Crippen molar-refractivity contribution in [1.82, 2.24) is 9.97 Å². The van der Waals surface area contributed by atoms with Gasteiger partial charge in [0.05, 0.1) is 31.0 Å². The number of aliphatic hydroxyl groups excluding tert-OH is 1. The Morgan fingerprint density at radius 1 is 1.03 bits per heavy atom. The molecule has 1 atom stereocenters. The molecule has 1 heterocycles. The van der Waals surface area contributed by atoms with Crippen LogP contribution in [0.2, 0.25) is 0 Å². The lowest BCUT2D eigenvalue weighted by atomic mass is 10.1. The number of hydrogen-bond acceptors (Lipinski definition) is 6. The Hall–Kier alpha value is -3.33. The second kappa shape index (κ2) is 9.86. The number of nitrogens with zero attached hydrogens (tertiary/aromatic N) is 2. The number of anilines is 3. The van der Waals surface area contributed by atoms with E-state index in [1.165, 1.54) is 19.2 Å². The first kappa shape index (κ1) is 23.3. The number of hydrogen-bond donors (Lipinski definition) is 3. The van der Waals surface area contributed by atoms with Crippen molar-refractivity contribution in [3.05, 3.63) is 60.2 Å². The molecule has 2 aromatic carbocycles. The molecule has 3 rings (SSSR count). The van der Waals surface area contributed by atoms with Crippen LogP contribution in [-0.2, 0) is 6.18 Å². The van der Waals surface area contributed by atoms with E-state index in [1.54, 1.807) is 6.07 Å². The van der Waals surface area contributed by atoms with Crippen LogP contribution in [0.3, 0.4) is 0 Å². The Kier molecular flexibility index (Phi) is 7.19. The summed E-state index contributed by atoms with van der Waals surface area (Å²) in [5.41, 5.74) is 0.706. The lowest BCUT2D eigenvalue weighted by molar-refractivity contribution is -0.138. The molecule has 0 fully saturated rings. The van der Waals surface area contributed by atoms with Crippen molar-refractivity contribution in [2.24, 2.45) is 5.92 Å². The number of nitrogens with one attached hydrogen (secondary N) is 2. The molecule has 0 unspecified atom stereocenters. The number of benzene rings is 2. The topological polar surface area (TPSA) is 79.3 Å². The van der Waals surface area contributed by atoms with Crippen molar-refractivity contribution >= 4 is 17.5 Å². The van der Waals surface area contributed by atoms with Crippen LogP contribution in [0.15, 0.2) is 54.6 Å². The first-order chi connectivity index (χ1) is 15.2. The summed E-state index contributed by atoms with van der Waals surface area (Å²) < 4.78 is 45.0. The average Bonchev–Trinajstić information content (AvgIpc) is 2.77. The number of alkyl halides is 3. The van der Waals surface area contributed by atoms with Gasteiger partial charge in [-0.3, -0.25) is 0 Å². The van der Waals surface area contributed by atoms with Crippen molar-refractivity contribution in [3.63, 3.8) is 0 Å². The zero-order chi connectivity index (χ0) is 23.3. The maximum atomic E-state index is 13.4. The fourth-order valence-electron chi connectivity index (χ4n) is 3.08. The molecule has 0 saturated heterocycles. The molecule has 1 aromatic heterocycles. The summed E-state index contributed by atoms with van der Waals surface area (Å²) in [5, 5.41) is 15.7. The monoisotopic (exact) mass is 446 g/mol. The molecule has 0 radical (unpaired) electrons. The Morgan fingerprint density at radius 3 is 2.34 bits per heavy atom. The SMILES string of the molecule is COc1ccc(Nc2cc(-c3ccccc3)nc(N[C@@H](CO)C(C)C)n2)cc1C(F)(F)F. The lowest BCUT2D eigenvalue weighted by Gasteiger charge is -2.21. The quantitative estimate of drug-likeness (QED) is 0.433. The van der Waals surface area contributed by atoms with Crippen LogP contribution < -0.4 is 15.4 Å². The highest BCUT2D eigenvalue weighted by molar-refractivity contribution is 5.68. The van der Waals surface area contributed by atoms with Crippen molar-refractivity contribution in [2.45, 2.75) is 26.1 Å². The van der Waals surface area contributed by atoms with E-state index in [9.17, 15) is 18.3 Å². The van der Waals surface area contributed by atoms with Gasteiger partial charge in [0.2, 0.25) is 5.95 Å². The molecule has 3 aromatic rings. The number of ether oxygens (including phenoxy) is 1. The number of methoxy groups -OCH3 is 1. The molecule has 0 spiro atoms. The molecule has 6 nitrogen and oxygen atoms in total. The van der Waals surface area contributed by atoms with Crippen LogP contribution in [0.4, 0.5) is 30.6 Å². The van der Waals surface area contributed by atoms with Crippen molar-refractivity contribution < 1.29 is 23.0 Å². The second-order valence-electron chi connectivity index (χ2n) is 7.54. The Balaban J connectivity index is 2.01. The molecule has 9 heteroatoms. The summed E-state index contributed by atoms with van der Waals surface area (Å²) in [6.07, 6.45) is -4.57. The van der Waals surface area contributed by atoms with Gasteiger partial charge in [-0.1, -0.05) is 44.2 Å². The summed E-state index contributed by atoms with van der Waals surface area (Å²) in [5.74, 6) is 0.406. The summed E-state index contributed by atoms with van der Waals surface area (Å²) >= 11 is 0. The summed E-state index contributed by atoms with van der Waals surface area (Å²) in [4.78, 5) is 8.93. The van der Waals surface area contributed by atoms with Crippen LogP contribution >= 0.6 is 0 Å². The summed E-state index contributed by atoms with van der Waals surface area (Å²) in [6.45, 7) is 3.78. The van der Waals surface area contributed by atoms with Crippen LogP contribution in [-0.4, -0.2) is 34.8 Å². The summed E-state index contributed by atoms with van der Waals surface area (Å²) in [6, 6.07) is 14.4.